The number of thioether (sulfide) groups is 1. The smallest absolute Gasteiger partial charge is 0.469 e. The van der Waals surface area contributed by atoms with Crippen LogP contribution in [0.3, 0.4) is 0 Å². The van der Waals surface area contributed by atoms with E-state index in [-0.39, 0.29) is 55.4 Å². The number of phosphoric ester groups is 1. The standard InChI is InChI=1S/C18H31N2O11PS/c1-18(2,11-31-32(27,28)29)16(25)17(26)20-7-6-13(22)19-8-9-33-15(24)10-12(21)4-5-14(23)30-3/h16,25H,4-11H2,1-3H3,(H,19,22)(H,20,26)(H2,27,28,29)/t16-/m0/s1. The van der Waals surface area contributed by atoms with E-state index in [0.29, 0.717) is 0 Å². The minimum Gasteiger partial charge on any atom is -0.469 e. The molecule has 0 radical (unpaired) electrons. The highest BCUT2D eigenvalue weighted by Gasteiger charge is 2.35. The fourth-order valence-electron chi connectivity index (χ4n) is 2.17. The molecule has 5 N–H and O–H groups in total. The summed E-state index contributed by atoms with van der Waals surface area (Å²) in [6.45, 7) is 2.24. The number of hydrogen-bond acceptors (Lipinski definition) is 10. The number of aliphatic hydroxyl groups is 1. The van der Waals surface area contributed by atoms with E-state index in [1.54, 1.807) is 0 Å². The summed E-state index contributed by atoms with van der Waals surface area (Å²) < 4.78 is 19.5. The molecule has 33 heavy (non-hydrogen) atoms. The van der Waals surface area contributed by atoms with Gasteiger partial charge in [-0.1, -0.05) is 25.6 Å². The van der Waals surface area contributed by atoms with Gasteiger partial charge in [0.25, 0.3) is 0 Å². The van der Waals surface area contributed by atoms with E-state index in [1.807, 2.05) is 0 Å². The molecule has 0 aliphatic rings. The number of methoxy groups -OCH3 is 1. The first-order chi connectivity index (χ1) is 15.2. The highest BCUT2D eigenvalue weighted by Crippen LogP contribution is 2.38. The van der Waals surface area contributed by atoms with E-state index in [1.165, 1.54) is 21.0 Å². The van der Waals surface area contributed by atoms with Crippen molar-refractivity contribution < 1.29 is 52.7 Å². The first kappa shape index (κ1) is 31.2. The van der Waals surface area contributed by atoms with Gasteiger partial charge in [0.15, 0.2) is 5.12 Å². The Labute approximate surface area is 195 Å². The Balaban J connectivity index is 4.06. The quantitative estimate of drug-likeness (QED) is 0.0749. The third-order valence-electron chi connectivity index (χ3n) is 4.11. The number of ether oxygens (including phenoxy) is 1. The lowest BCUT2D eigenvalue weighted by molar-refractivity contribution is -0.142. The highest BCUT2D eigenvalue weighted by atomic mass is 32.2. The van der Waals surface area contributed by atoms with Crippen molar-refractivity contribution in [2.24, 2.45) is 5.41 Å². The number of phosphoric acid groups is 1. The zero-order valence-corrected chi connectivity index (χ0v) is 20.4. The third-order valence-corrected chi connectivity index (χ3v) is 5.45. The van der Waals surface area contributed by atoms with Crippen LogP contribution in [0.15, 0.2) is 0 Å². The van der Waals surface area contributed by atoms with E-state index < -0.39 is 43.7 Å². The van der Waals surface area contributed by atoms with Gasteiger partial charge in [0.2, 0.25) is 11.8 Å². The fourth-order valence-corrected chi connectivity index (χ4v) is 3.36. The molecule has 0 aliphatic heterocycles. The monoisotopic (exact) mass is 514 g/mol. The second-order valence-corrected chi connectivity index (χ2v) is 9.95. The molecule has 0 aromatic carbocycles. The summed E-state index contributed by atoms with van der Waals surface area (Å²) in [6.07, 6.45) is -2.23. The molecule has 0 aromatic heterocycles. The Bertz CT molecular complexity index is 754. The molecule has 0 fully saturated rings. The molecule has 0 aliphatic carbocycles. The summed E-state index contributed by atoms with van der Waals surface area (Å²) in [6, 6.07) is 0. The van der Waals surface area contributed by atoms with Crippen LogP contribution < -0.4 is 10.6 Å². The van der Waals surface area contributed by atoms with Gasteiger partial charge in [-0.25, -0.2) is 4.57 Å². The molecule has 15 heteroatoms. The normalized spacial score (nSPS) is 12.5. The Hall–Kier alpha value is -1.83. The Morgan fingerprint density at radius 1 is 1.03 bits per heavy atom. The molecule has 0 rings (SSSR count). The van der Waals surface area contributed by atoms with Crippen molar-refractivity contribution in [3.05, 3.63) is 0 Å². The Kier molecular flexibility index (Phi) is 14.3. The van der Waals surface area contributed by atoms with E-state index >= 15 is 0 Å². The summed E-state index contributed by atoms with van der Waals surface area (Å²) in [4.78, 5) is 75.4. The van der Waals surface area contributed by atoms with Gasteiger partial charge in [-0.3, -0.25) is 28.5 Å². The van der Waals surface area contributed by atoms with Crippen molar-refractivity contribution in [1.82, 2.24) is 10.6 Å². The van der Waals surface area contributed by atoms with E-state index in [2.05, 4.69) is 19.9 Å². The van der Waals surface area contributed by atoms with Gasteiger partial charge in [0, 0.05) is 37.1 Å². The number of amides is 2. The number of aliphatic hydroxyl groups excluding tert-OH is 1. The molecule has 0 spiro atoms. The van der Waals surface area contributed by atoms with Gasteiger partial charge in [0.05, 0.1) is 26.6 Å². The highest BCUT2D eigenvalue weighted by molar-refractivity contribution is 8.13. The average molecular weight is 514 g/mol. The molecular weight excluding hydrogens is 483 g/mol. The van der Waals surface area contributed by atoms with Crippen LogP contribution >= 0.6 is 19.6 Å². The minimum absolute atomic E-state index is 0.0794. The summed E-state index contributed by atoms with van der Waals surface area (Å²) >= 11 is 0.868. The van der Waals surface area contributed by atoms with Crippen molar-refractivity contribution in [1.29, 1.82) is 0 Å². The largest absolute Gasteiger partial charge is 0.469 e. The van der Waals surface area contributed by atoms with Crippen molar-refractivity contribution in [2.75, 3.05) is 32.6 Å². The summed E-state index contributed by atoms with van der Waals surface area (Å²) in [5.41, 5.74) is -1.29. The molecule has 0 unspecified atom stereocenters. The van der Waals surface area contributed by atoms with Crippen LogP contribution in [0.25, 0.3) is 0 Å². The van der Waals surface area contributed by atoms with Gasteiger partial charge in [-0.05, 0) is 0 Å². The SMILES string of the molecule is COC(=O)CCC(=O)CC(=O)SCCNC(=O)CCNC(=O)[C@H](O)C(C)(C)COP(=O)(O)O. The average Bonchev–Trinajstić information content (AvgIpc) is 2.72. The van der Waals surface area contributed by atoms with Crippen LogP contribution in [0.2, 0.25) is 0 Å². The van der Waals surface area contributed by atoms with Crippen LogP contribution in [0.1, 0.15) is 39.5 Å². The van der Waals surface area contributed by atoms with Gasteiger partial charge in [0.1, 0.15) is 11.9 Å². The lowest BCUT2D eigenvalue weighted by atomic mass is 9.87. The molecule has 2 amide bonds. The first-order valence-corrected chi connectivity index (χ1v) is 12.4. The topological polar surface area (TPSA) is 206 Å². The van der Waals surface area contributed by atoms with Gasteiger partial charge >= 0.3 is 13.8 Å². The van der Waals surface area contributed by atoms with Crippen molar-refractivity contribution in [3.63, 3.8) is 0 Å². The van der Waals surface area contributed by atoms with Crippen molar-refractivity contribution in [2.45, 2.75) is 45.6 Å². The van der Waals surface area contributed by atoms with E-state index in [4.69, 9.17) is 9.79 Å². The number of carbonyl (C=O) groups is 5. The predicted molar refractivity (Wildman–Crippen MR) is 117 cm³/mol. The van der Waals surface area contributed by atoms with Gasteiger partial charge < -0.3 is 30.3 Å². The number of esters is 1. The minimum atomic E-state index is -4.75. The zero-order valence-electron chi connectivity index (χ0n) is 18.7. The second kappa shape index (κ2) is 15.1. The van der Waals surface area contributed by atoms with Crippen LogP contribution in [0, 0.1) is 5.41 Å². The Morgan fingerprint density at radius 3 is 2.24 bits per heavy atom. The summed E-state index contributed by atoms with van der Waals surface area (Å²) in [5.74, 6) is -1.93. The molecule has 0 heterocycles. The number of hydrogen-bond donors (Lipinski definition) is 5. The number of carbonyl (C=O) groups excluding carboxylic acids is 5. The van der Waals surface area contributed by atoms with Crippen molar-refractivity contribution in [3.8, 4) is 0 Å². The maximum absolute atomic E-state index is 12.0. The number of nitrogens with one attached hydrogen (secondary N) is 2. The Morgan fingerprint density at radius 2 is 1.67 bits per heavy atom. The predicted octanol–water partition coefficient (Wildman–Crippen LogP) is -0.722. The lowest BCUT2D eigenvalue weighted by Gasteiger charge is -2.29. The molecular formula is C18H31N2O11PS. The molecule has 0 bridgehead atoms. The number of ketones is 1. The molecule has 13 nitrogen and oxygen atoms in total. The van der Waals surface area contributed by atoms with E-state index in [9.17, 15) is 33.6 Å². The van der Waals surface area contributed by atoms with E-state index in [0.717, 1.165) is 11.8 Å². The maximum Gasteiger partial charge on any atom is 0.469 e. The summed E-state index contributed by atoms with van der Waals surface area (Å²) in [5, 5.41) is 14.5. The molecule has 1 atom stereocenters. The number of Topliss-reactive ketones (excluding diaryl/α,β-unsaturated/α-hetero) is 1. The molecule has 0 saturated carbocycles. The number of rotatable bonds is 16. The van der Waals surface area contributed by atoms with Gasteiger partial charge in [-0.15, -0.1) is 0 Å². The molecule has 190 valence electrons. The van der Waals surface area contributed by atoms with Gasteiger partial charge in [-0.2, -0.15) is 0 Å². The van der Waals surface area contributed by atoms with Crippen molar-refractivity contribution >= 4 is 48.3 Å². The third kappa shape index (κ3) is 15.6. The maximum atomic E-state index is 12.0. The van der Waals surface area contributed by atoms with Crippen LogP contribution in [0.4, 0.5) is 0 Å². The zero-order chi connectivity index (χ0) is 25.7. The lowest BCUT2D eigenvalue weighted by Crippen LogP contribution is -2.46. The second-order valence-electron chi connectivity index (χ2n) is 7.56. The fraction of sp³-hybridized carbons (Fsp3) is 0.722. The molecule has 0 saturated heterocycles. The summed E-state index contributed by atoms with van der Waals surface area (Å²) in [7, 11) is -3.55. The van der Waals surface area contributed by atoms with Crippen LogP contribution in [-0.4, -0.2) is 82.2 Å². The van der Waals surface area contributed by atoms with Crippen LogP contribution in [-0.2, 0) is 37.8 Å². The first-order valence-electron chi connectivity index (χ1n) is 9.84. The van der Waals surface area contributed by atoms with Crippen LogP contribution in [0.5, 0.6) is 0 Å². The molecule has 0 aromatic rings.